The first kappa shape index (κ1) is 11.2. The summed E-state index contributed by atoms with van der Waals surface area (Å²) in [6.07, 6.45) is 10.8. The quantitative estimate of drug-likeness (QED) is 0.680. The number of carboxylic acids is 1. The number of carbonyl (C=O) groups is 1. The molecule has 0 amide bonds. The van der Waals surface area contributed by atoms with E-state index < -0.39 is 5.97 Å². The van der Waals surface area contributed by atoms with Crippen LogP contribution in [0, 0.1) is 0 Å². The van der Waals surface area contributed by atoms with E-state index in [9.17, 15) is 9.90 Å². The van der Waals surface area contributed by atoms with Crippen LogP contribution in [0.1, 0.15) is 45.4 Å². The highest BCUT2D eigenvalue weighted by Gasteiger charge is 2.18. The van der Waals surface area contributed by atoms with Gasteiger partial charge in [-0.15, -0.1) is 0 Å². The van der Waals surface area contributed by atoms with Gasteiger partial charge in [0.2, 0.25) is 0 Å². The molecule has 0 fully saturated rings. The highest BCUT2D eigenvalue weighted by Crippen LogP contribution is 2.36. The molecule has 0 saturated carbocycles. The van der Waals surface area contributed by atoms with E-state index in [0.29, 0.717) is 5.57 Å². The van der Waals surface area contributed by atoms with Gasteiger partial charge in [-0.1, -0.05) is 12.2 Å². The van der Waals surface area contributed by atoms with E-state index in [-0.39, 0.29) is 0 Å². The first-order chi connectivity index (χ1) is 7.70. The summed E-state index contributed by atoms with van der Waals surface area (Å²) in [5, 5.41) is 11.0. The summed E-state index contributed by atoms with van der Waals surface area (Å²) in [5.74, 6) is -1.03. The zero-order chi connectivity index (χ0) is 11.5. The third-order valence-electron chi connectivity index (χ3n) is 3.41. The number of carbonyl (C=O) groups excluding carboxylic acids is 1. The SMILES string of the molecule is CC(C(=O)[O-])=C(C1=CCCC1)C1=CCCC1. The molecule has 2 heteroatoms. The van der Waals surface area contributed by atoms with Crippen molar-refractivity contribution in [1.82, 2.24) is 0 Å². The van der Waals surface area contributed by atoms with Crippen LogP contribution in [-0.4, -0.2) is 5.97 Å². The molecule has 0 unspecified atom stereocenters. The molecule has 0 spiro atoms. The Hall–Kier alpha value is -1.31. The molecule has 0 heterocycles. The lowest BCUT2D eigenvalue weighted by atomic mass is 9.92. The van der Waals surface area contributed by atoms with Crippen LogP contribution in [0.3, 0.4) is 0 Å². The summed E-state index contributed by atoms with van der Waals surface area (Å²) in [5.41, 5.74) is 3.81. The van der Waals surface area contributed by atoms with Gasteiger partial charge in [-0.2, -0.15) is 0 Å². The van der Waals surface area contributed by atoms with Crippen molar-refractivity contribution in [2.24, 2.45) is 0 Å². The van der Waals surface area contributed by atoms with Gasteiger partial charge in [0.1, 0.15) is 0 Å². The summed E-state index contributed by atoms with van der Waals surface area (Å²) in [6, 6.07) is 0. The number of rotatable bonds is 3. The highest BCUT2D eigenvalue weighted by molar-refractivity contribution is 5.87. The first-order valence-electron chi connectivity index (χ1n) is 6.01. The maximum Gasteiger partial charge on any atom is 0.0678 e. The fourth-order valence-corrected chi connectivity index (χ4v) is 2.59. The molecule has 0 aromatic carbocycles. The second kappa shape index (κ2) is 4.69. The fourth-order valence-electron chi connectivity index (χ4n) is 2.59. The van der Waals surface area contributed by atoms with Gasteiger partial charge in [0.05, 0.1) is 5.97 Å². The van der Waals surface area contributed by atoms with Crippen LogP contribution >= 0.6 is 0 Å². The largest absolute Gasteiger partial charge is 0.545 e. The molecule has 2 aliphatic carbocycles. The Morgan fingerprint density at radius 1 is 1.12 bits per heavy atom. The molecule has 86 valence electrons. The van der Waals surface area contributed by atoms with Crippen LogP contribution in [0.4, 0.5) is 0 Å². The van der Waals surface area contributed by atoms with Crippen LogP contribution < -0.4 is 5.11 Å². The van der Waals surface area contributed by atoms with Crippen molar-refractivity contribution in [3.63, 3.8) is 0 Å². The predicted molar refractivity (Wildman–Crippen MR) is 61.6 cm³/mol. The first-order valence-corrected chi connectivity index (χ1v) is 6.01. The Balaban J connectivity index is 2.40. The van der Waals surface area contributed by atoms with Gasteiger partial charge in [0, 0.05) is 0 Å². The van der Waals surface area contributed by atoms with Crippen molar-refractivity contribution < 1.29 is 9.90 Å². The van der Waals surface area contributed by atoms with Gasteiger partial charge in [0.15, 0.2) is 0 Å². The number of hydrogen-bond acceptors (Lipinski definition) is 2. The van der Waals surface area contributed by atoms with E-state index in [1.807, 2.05) is 0 Å². The van der Waals surface area contributed by atoms with Gasteiger partial charge >= 0.3 is 0 Å². The van der Waals surface area contributed by atoms with Crippen molar-refractivity contribution in [3.8, 4) is 0 Å². The third-order valence-corrected chi connectivity index (χ3v) is 3.41. The normalized spacial score (nSPS) is 19.3. The second-order valence-corrected chi connectivity index (χ2v) is 4.53. The Morgan fingerprint density at radius 3 is 1.94 bits per heavy atom. The minimum absolute atomic E-state index is 0.404. The zero-order valence-electron chi connectivity index (χ0n) is 9.71. The van der Waals surface area contributed by atoms with Crippen LogP contribution in [0.5, 0.6) is 0 Å². The van der Waals surface area contributed by atoms with E-state index in [0.717, 1.165) is 44.1 Å². The lowest BCUT2D eigenvalue weighted by molar-refractivity contribution is -0.299. The molecule has 0 aliphatic heterocycles. The van der Waals surface area contributed by atoms with Gasteiger partial charge in [-0.05, 0) is 67.7 Å². The molecule has 0 saturated heterocycles. The predicted octanol–water partition coefficient (Wildman–Crippen LogP) is 2.27. The average Bonchev–Trinajstić information content (AvgIpc) is 2.89. The summed E-state index contributed by atoms with van der Waals surface area (Å²) in [4.78, 5) is 11.0. The maximum absolute atomic E-state index is 11.0. The smallest absolute Gasteiger partial charge is 0.0678 e. The molecule has 0 atom stereocenters. The van der Waals surface area contributed by atoms with E-state index in [1.54, 1.807) is 6.92 Å². The van der Waals surface area contributed by atoms with Crippen molar-refractivity contribution >= 4 is 5.97 Å². The van der Waals surface area contributed by atoms with Crippen LogP contribution in [0.25, 0.3) is 0 Å². The molecular weight excluding hydrogens is 200 g/mol. The molecule has 0 radical (unpaired) electrons. The zero-order valence-corrected chi connectivity index (χ0v) is 9.71. The number of allylic oxidation sites excluding steroid dienone is 5. The summed E-state index contributed by atoms with van der Waals surface area (Å²) >= 11 is 0. The number of aliphatic carboxylic acids is 1. The molecule has 0 aromatic rings. The molecule has 0 N–H and O–H groups in total. The lowest BCUT2D eigenvalue weighted by Gasteiger charge is -2.16. The van der Waals surface area contributed by atoms with E-state index in [4.69, 9.17) is 0 Å². The van der Waals surface area contributed by atoms with Crippen molar-refractivity contribution in [2.45, 2.75) is 45.4 Å². The molecule has 2 aliphatic rings. The second-order valence-electron chi connectivity index (χ2n) is 4.53. The van der Waals surface area contributed by atoms with Crippen LogP contribution in [-0.2, 0) is 4.79 Å². The Kier molecular flexibility index (Phi) is 3.28. The Bertz CT molecular complexity index is 371. The highest BCUT2D eigenvalue weighted by atomic mass is 16.4. The molecule has 16 heavy (non-hydrogen) atoms. The van der Waals surface area contributed by atoms with Gasteiger partial charge in [0.25, 0.3) is 0 Å². The molecule has 2 nitrogen and oxygen atoms in total. The van der Waals surface area contributed by atoms with Crippen molar-refractivity contribution in [3.05, 3.63) is 34.4 Å². The topological polar surface area (TPSA) is 40.1 Å². The van der Waals surface area contributed by atoms with Gasteiger partial charge < -0.3 is 9.90 Å². The summed E-state index contributed by atoms with van der Waals surface area (Å²) in [7, 11) is 0. The van der Waals surface area contributed by atoms with E-state index >= 15 is 0 Å². The summed E-state index contributed by atoms with van der Waals surface area (Å²) < 4.78 is 0. The molecule has 2 rings (SSSR count). The van der Waals surface area contributed by atoms with Gasteiger partial charge in [-0.3, -0.25) is 0 Å². The average molecular weight is 217 g/mol. The fraction of sp³-hybridized carbons (Fsp3) is 0.500. The lowest BCUT2D eigenvalue weighted by Crippen LogP contribution is -2.24. The Labute approximate surface area is 96.4 Å². The standard InChI is InChI=1S/C14H18O2/c1-10(14(15)16)13(11-6-2-3-7-11)12-8-4-5-9-12/h6,8H,2-5,7,9H2,1H3,(H,15,16)/p-1. The minimum Gasteiger partial charge on any atom is -0.545 e. The monoisotopic (exact) mass is 217 g/mol. The molecule has 0 aromatic heterocycles. The maximum atomic E-state index is 11.0. The van der Waals surface area contributed by atoms with Crippen LogP contribution in [0.2, 0.25) is 0 Å². The third kappa shape index (κ3) is 2.11. The van der Waals surface area contributed by atoms with Crippen LogP contribution in [0.15, 0.2) is 34.4 Å². The number of carboxylic acid groups (broad SMARTS) is 1. The summed E-state index contributed by atoms with van der Waals surface area (Å²) in [6.45, 7) is 1.67. The van der Waals surface area contributed by atoms with Gasteiger partial charge in [-0.25, -0.2) is 0 Å². The molecular formula is C14H17O2-. The van der Waals surface area contributed by atoms with Crippen molar-refractivity contribution in [2.75, 3.05) is 0 Å². The van der Waals surface area contributed by atoms with E-state index in [1.165, 1.54) is 11.1 Å². The Morgan fingerprint density at radius 2 is 1.62 bits per heavy atom. The van der Waals surface area contributed by atoms with Crippen molar-refractivity contribution in [1.29, 1.82) is 0 Å². The molecule has 0 bridgehead atoms. The van der Waals surface area contributed by atoms with E-state index in [2.05, 4.69) is 12.2 Å². The number of hydrogen-bond donors (Lipinski definition) is 0. The minimum atomic E-state index is -1.03.